The second kappa shape index (κ2) is 7.10. The highest BCUT2D eigenvalue weighted by Crippen LogP contribution is 2.10. The van der Waals surface area contributed by atoms with Gasteiger partial charge in [0.2, 0.25) is 0 Å². The molecule has 1 aromatic carbocycles. The highest BCUT2D eigenvalue weighted by Gasteiger charge is 2.15. The molecule has 2 aromatic heterocycles. The fourth-order valence-corrected chi connectivity index (χ4v) is 2.91. The number of nitrogens with one attached hydrogen (secondary N) is 2. The Morgan fingerprint density at radius 3 is 2.32 bits per heavy atom. The maximum absolute atomic E-state index is 12.4. The maximum Gasteiger partial charge on any atom is 0.332 e. The molecule has 3 rings (SSSR count). The van der Waals surface area contributed by atoms with E-state index in [4.69, 9.17) is 0 Å². The van der Waals surface area contributed by atoms with E-state index in [2.05, 4.69) is 15.8 Å². The average molecular weight is 381 g/mol. The summed E-state index contributed by atoms with van der Waals surface area (Å²) in [5.41, 5.74) is 6.07. The molecule has 0 spiro atoms. The zero-order chi connectivity index (χ0) is 20.6. The largest absolute Gasteiger partial charge is 0.332 e. The van der Waals surface area contributed by atoms with E-state index in [1.165, 1.54) is 30.9 Å². The number of hydrogen-bond donors (Lipinski definition) is 2. The van der Waals surface area contributed by atoms with Crippen LogP contribution < -0.4 is 22.1 Å². The van der Waals surface area contributed by atoms with Gasteiger partial charge in [-0.3, -0.25) is 34.4 Å². The first kappa shape index (κ1) is 19.0. The maximum atomic E-state index is 12.4. The molecule has 0 aliphatic carbocycles. The molecule has 0 aliphatic heterocycles. The molecule has 3 aromatic rings. The summed E-state index contributed by atoms with van der Waals surface area (Å²) in [6.07, 6.45) is 1.24. The first-order valence-electron chi connectivity index (χ1n) is 8.44. The van der Waals surface area contributed by atoms with Gasteiger partial charge in [0.25, 0.3) is 17.4 Å². The molecule has 0 saturated heterocycles. The molecule has 0 radical (unpaired) electrons. The molecule has 0 saturated carbocycles. The summed E-state index contributed by atoms with van der Waals surface area (Å²) >= 11 is 0. The van der Waals surface area contributed by atoms with E-state index in [1.807, 2.05) is 13.0 Å². The third-order valence-corrected chi connectivity index (χ3v) is 4.47. The fraction of sp³-hybridized carbons (Fsp3) is 0.211. The van der Waals surface area contributed by atoms with E-state index in [9.17, 15) is 19.2 Å². The third-order valence-electron chi connectivity index (χ3n) is 4.47. The van der Waals surface area contributed by atoms with E-state index >= 15 is 0 Å². The van der Waals surface area contributed by atoms with Crippen LogP contribution in [0.4, 0.5) is 0 Å². The predicted molar refractivity (Wildman–Crippen MR) is 103 cm³/mol. The van der Waals surface area contributed by atoms with Crippen LogP contribution in [0.3, 0.4) is 0 Å². The van der Waals surface area contributed by atoms with Gasteiger partial charge in [-0.2, -0.15) is 0 Å². The zero-order valence-electron chi connectivity index (χ0n) is 15.9. The number of hydrazine groups is 1. The molecule has 28 heavy (non-hydrogen) atoms. The summed E-state index contributed by atoms with van der Waals surface area (Å²) in [5.74, 6) is -1.10. The monoisotopic (exact) mass is 381 g/mol. The van der Waals surface area contributed by atoms with Gasteiger partial charge in [0.1, 0.15) is 5.65 Å². The van der Waals surface area contributed by atoms with Crippen LogP contribution in [0.25, 0.3) is 11.0 Å². The molecule has 0 aliphatic rings. The number of amides is 2. The zero-order valence-corrected chi connectivity index (χ0v) is 15.9. The van der Waals surface area contributed by atoms with Crippen LogP contribution in [0.1, 0.15) is 31.8 Å². The van der Waals surface area contributed by atoms with Crippen LogP contribution >= 0.6 is 0 Å². The number of fused-ring (bicyclic) bond motifs is 1. The van der Waals surface area contributed by atoms with Crippen LogP contribution in [0.15, 0.2) is 40.1 Å². The minimum absolute atomic E-state index is 0.0733. The molecule has 0 bridgehead atoms. The van der Waals surface area contributed by atoms with Gasteiger partial charge in [-0.15, -0.1) is 0 Å². The number of benzene rings is 1. The lowest BCUT2D eigenvalue weighted by atomic mass is 10.1. The molecule has 0 fully saturated rings. The van der Waals surface area contributed by atoms with Crippen molar-refractivity contribution < 1.29 is 9.59 Å². The minimum Gasteiger partial charge on any atom is -0.280 e. The van der Waals surface area contributed by atoms with Crippen molar-refractivity contribution in [1.82, 2.24) is 25.0 Å². The summed E-state index contributed by atoms with van der Waals surface area (Å²) in [5, 5.41) is 0.123. The van der Waals surface area contributed by atoms with Gasteiger partial charge in [-0.25, -0.2) is 9.78 Å². The number of hydrogen-bond acceptors (Lipinski definition) is 5. The van der Waals surface area contributed by atoms with Crippen LogP contribution in [0, 0.1) is 13.8 Å². The molecular formula is C19H19N5O4. The Bertz CT molecular complexity index is 1240. The summed E-state index contributed by atoms with van der Waals surface area (Å²) in [4.78, 5) is 52.9. The molecular weight excluding hydrogens is 362 g/mol. The van der Waals surface area contributed by atoms with E-state index in [0.717, 1.165) is 15.7 Å². The number of pyridine rings is 1. The van der Waals surface area contributed by atoms with E-state index in [0.29, 0.717) is 5.56 Å². The standard InChI is InChI=1S/C19H19N5O4/c1-10-5-6-13(11(2)7-10)17(26)22-21-16(25)12-8-14-15(20-9-12)23(3)19(28)24(4)18(14)27/h5-9H,1-4H3,(H,21,25)(H,22,26). The molecule has 9 nitrogen and oxygen atoms in total. The second-order valence-corrected chi connectivity index (χ2v) is 6.53. The Morgan fingerprint density at radius 2 is 1.64 bits per heavy atom. The Balaban J connectivity index is 1.85. The summed E-state index contributed by atoms with van der Waals surface area (Å²) in [7, 11) is 2.84. The van der Waals surface area contributed by atoms with Gasteiger partial charge in [-0.05, 0) is 31.5 Å². The normalized spacial score (nSPS) is 10.7. The number of nitrogens with zero attached hydrogens (tertiary/aromatic N) is 3. The van der Waals surface area contributed by atoms with E-state index < -0.39 is 23.1 Å². The van der Waals surface area contributed by atoms with Crippen LogP contribution in [0.5, 0.6) is 0 Å². The van der Waals surface area contributed by atoms with Crippen LogP contribution in [0.2, 0.25) is 0 Å². The Hall–Kier alpha value is -3.75. The van der Waals surface area contributed by atoms with Gasteiger partial charge in [0.15, 0.2) is 0 Å². The molecule has 2 N–H and O–H groups in total. The van der Waals surface area contributed by atoms with Gasteiger partial charge in [0, 0.05) is 25.9 Å². The lowest BCUT2D eigenvalue weighted by Gasteiger charge is -2.11. The SMILES string of the molecule is Cc1ccc(C(=O)NNC(=O)c2cnc3c(c2)c(=O)n(C)c(=O)n3C)c(C)c1. The molecule has 144 valence electrons. The van der Waals surface area contributed by atoms with E-state index in [-0.39, 0.29) is 16.6 Å². The van der Waals surface area contributed by atoms with Crippen molar-refractivity contribution in [3.8, 4) is 0 Å². The summed E-state index contributed by atoms with van der Waals surface area (Å²) in [6.45, 7) is 3.72. The number of rotatable bonds is 2. The summed E-state index contributed by atoms with van der Waals surface area (Å²) < 4.78 is 2.16. The highest BCUT2D eigenvalue weighted by molar-refractivity contribution is 6.00. The molecule has 0 atom stereocenters. The lowest BCUT2D eigenvalue weighted by Crippen LogP contribution is -2.42. The van der Waals surface area contributed by atoms with Crippen molar-refractivity contribution in [2.75, 3.05) is 0 Å². The molecule has 2 amide bonds. The predicted octanol–water partition coefficient (Wildman–Crippen LogP) is 0.324. The lowest BCUT2D eigenvalue weighted by molar-refractivity contribution is 0.0846. The quantitative estimate of drug-likeness (QED) is 0.621. The second-order valence-electron chi connectivity index (χ2n) is 6.53. The first-order valence-corrected chi connectivity index (χ1v) is 8.44. The number of carbonyl (C=O) groups is 2. The van der Waals surface area contributed by atoms with Crippen molar-refractivity contribution in [2.45, 2.75) is 13.8 Å². The van der Waals surface area contributed by atoms with Gasteiger partial charge in [0.05, 0.1) is 10.9 Å². The Kier molecular flexibility index (Phi) is 4.83. The molecule has 9 heteroatoms. The summed E-state index contributed by atoms with van der Waals surface area (Å²) in [6, 6.07) is 6.68. The van der Waals surface area contributed by atoms with Crippen molar-refractivity contribution in [3.05, 3.63) is 73.6 Å². The minimum atomic E-state index is -0.636. The van der Waals surface area contributed by atoms with Crippen LogP contribution in [-0.4, -0.2) is 25.9 Å². The first-order chi connectivity index (χ1) is 13.2. The van der Waals surface area contributed by atoms with Crippen LogP contribution in [-0.2, 0) is 14.1 Å². The van der Waals surface area contributed by atoms with Crippen molar-refractivity contribution >= 4 is 22.8 Å². The van der Waals surface area contributed by atoms with E-state index in [1.54, 1.807) is 19.1 Å². The van der Waals surface area contributed by atoms with Crippen molar-refractivity contribution in [3.63, 3.8) is 0 Å². The molecule has 0 unspecified atom stereocenters. The number of carbonyl (C=O) groups excluding carboxylic acids is 2. The topological polar surface area (TPSA) is 115 Å². The van der Waals surface area contributed by atoms with Gasteiger partial charge < -0.3 is 0 Å². The van der Waals surface area contributed by atoms with Crippen molar-refractivity contribution in [2.24, 2.45) is 14.1 Å². The number of aryl methyl sites for hydroxylation is 3. The fourth-order valence-electron chi connectivity index (χ4n) is 2.91. The Morgan fingerprint density at radius 1 is 0.964 bits per heavy atom. The van der Waals surface area contributed by atoms with Crippen molar-refractivity contribution in [1.29, 1.82) is 0 Å². The highest BCUT2D eigenvalue weighted by atomic mass is 16.2. The molecule has 2 heterocycles. The Labute approximate surface area is 159 Å². The van der Waals surface area contributed by atoms with Gasteiger partial charge >= 0.3 is 5.69 Å². The smallest absolute Gasteiger partial charge is 0.280 e. The third kappa shape index (κ3) is 3.29. The number of aromatic nitrogens is 3. The average Bonchev–Trinajstić information content (AvgIpc) is 2.68. The van der Waals surface area contributed by atoms with Gasteiger partial charge in [-0.1, -0.05) is 17.7 Å².